The highest BCUT2D eigenvalue weighted by molar-refractivity contribution is 14.0. The molecule has 0 aliphatic carbocycles. The summed E-state index contributed by atoms with van der Waals surface area (Å²) in [6.07, 6.45) is 1.52. The molecule has 0 spiro atoms. The van der Waals surface area contributed by atoms with Crippen molar-refractivity contribution in [2.45, 2.75) is 20.0 Å². The summed E-state index contributed by atoms with van der Waals surface area (Å²) in [7, 11) is 3.82. The van der Waals surface area contributed by atoms with Crippen LogP contribution >= 0.6 is 47.2 Å². The molecule has 0 bridgehead atoms. The highest BCUT2D eigenvalue weighted by Gasteiger charge is 2.09. The van der Waals surface area contributed by atoms with Crippen LogP contribution in [-0.2, 0) is 20.1 Å². The van der Waals surface area contributed by atoms with Crippen LogP contribution < -0.4 is 5.32 Å². The van der Waals surface area contributed by atoms with Crippen LogP contribution in [0.5, 0.6) is 0 Å². The number of nitrogens with zero attached hydrogens (tertiary/aromatic N) is 5. The standard InChI is InChI=1S/C15H20Cl2N6.HI/c1-4-18-15(19-8-14-20-10-21-23(14)3)22(2)9-11-5-6-12(16)13(17)7-11;/h5-7,10H,4,8-9H2,1-3H3,(H,18,19);1H. The van der Waals surface area contributed by atoms with Gasteiger partial charge in [-0.3, -0.25) is 4.68 Å². The zero-order valence-electron chi connectivity index (χ0n) is 13.8. The van der Waals surface area contributed by atoms with Crippen molar-refractivity contribution in [3.8, 4) is 0 Å². The molecule has 1 N–H and O–H groups in total. The second-order valence-corrected chi connectivity index (χ2v) is 5.89. The van der Waals surface area contributed by atoms with Gasteiger partial charge in [0.05, 0.1) is 10.0 Å². The molecule has 0 saturated carbocycles. The van der Waals surface area contributed by atoms with Crippen LogP contribution in [0.25, 0.3) is 0 Å². The molecule has 132 valence electrons. The zero-order chi connectivity index (χ0) is 16.8. The Labute approximate surface area is 169 Å². The number of aromatic nitrogens is 3. The number of benzene rings is 1. The van der Waals surface area contributed by atoms with Gasteiger partial charge in [0.1, 0.15) is 18.7 Å². The molecule has 24 heavy (non-hydrogen) atoms. The molecule has 2 rings (SSSR count). The molecule has 0 atom stereocenters. The lowest BCUT2D eigenvalue weighted by Crippen LogP contribution is -2.38. The van der Waals surface area contributed by atoms with Crippen LogP contribution in [0.2, 0.25) is 10.0 Å². The van der Waals surface area contributed by atoms with E-state index in [4.69, 9.17) is 23.2 Å². The van der Waals surface area contributed by atoms with Crippen molar-refractivity contribution >= 4 is 53.1 Å². The first-order valence-electron chi connectivity index (χ1n) is 7.27. The predicted octanol–water partition coefficient (Wildman–Crippen LogP) is 3.34. The molecule has 0 aliphatic heterocycles. The molecule has 6 nitrogen and oxygen atoms in total. The largest absolute Gasteiger partial charge is 0.357 e. The van der Waals surface area contributed by atoms with Gasteiger partial charge in [-0.05, 0) is 24.6 Å². The summed E-state index contributed by atoms with van der Waals surface area (Å²) < 4.78 is 1.71. The van der Waals surface area contributed by atoms with Gasteiger partial charge < -0.3 is 10.2 Å². The van der Waals surface area contributed by atoms with E-state index >= 15 is 0 Å². The molecule has 0 aliphatic rings. The van der Waals surface area contributed by atoms with Crippen molar-refractivity contribution in [1.29, 1.82) is 0 Å². The maximum Gasteiger partial charge on any atom is 0.194 e. The maximum absolute atomic E-state index is 6.07. The van der Waals surface area contributed by atoms with E-state index in [1.807, 2.05) is 38.1 Å². The zero-order valence-corrected chi connectivity index (χ0v) is 17.7. The molecule has 2 aromatic rings. The smallest absolute Gasteiger partial charge is 0.194 e. The molecule has 1 heterocycles. The van der Waals surface area contributed by atoms with E-state index in [0.717, 1.165) is 23.9 Å². The van der Waals surface area contributed by atoms with Crippen molar-refractivity contribution in [1.82, 2.24) is 25.0 Å². The van der Waals surface area contributed by atoms with Crippen LogP contribution in [0, 0.1) is 0 Å². The fourth-order valence-electron chi connectivity index (χ4n) is 2.07. The Morgan fingerprint density at radius 3 is 2.67 bits per heavy atom. The Hall–Kier alpha value is -1.06. The first kappa shape index (κ1) is 21.0. The third-order valence-electron chi connectivity index (χ3n) is 3.28. The minimum atomic E-state index is 0. The quantitative estimate of drug-likeness (QED) is 0.403. The fourth-order valence-corrected chi connectivity index (χ4v) is 2.39. The van der Waals surface area contributed by atoms with E-state index in [-0.39, 0.29) is 24.0 Å². The van der Waals surface area contributed by atoms with Gasteiger partial charge >= 0.3 is 0 Å². The summed E-state index contributed by atoms with van der Waals surface area (Å²) in [6, 6.07) is 5.63. The normalized spacial score (nSPS) is 11.1. The minimum Gasteiger partial charge on any atom is -0.357 e. The van der Waals surface area contributed by atoms with Crippen LogP contribution in [-0.4, -0.2) is 39.2 Å². The predicted molar refractivity (Wildman–Crippen MR) is 109 cm³/mol. The van der Waals surface area contributed by atoms with Gasteiger partial charge in [-0.2, -0.15) is 5.10 Å². The van der Waals surface area contributed by atoms with Crippen molar-refractivity contribution in [2.24, 2.45) is 12.0 Å². The highest BCUT2D eigenvalue weighted by atomic mass is 127. The number of aliphatic imine (C=N–C) groups is 1. The van der Waals surface area contributed by atoms with Crippen LogP contribution in [0.3, 0.4) is 0 Å². The second-order valence-electron chi connectivity index (χ2n) is 5.07. The van der Waals surface area contributed by atoms with Crippen LogP contribution in [0.4, 0.5) is 0 Å². The summed E-state index contributed by atoms with van der Waals surface area (Å²) >= 11 is 12.0. The lowest BCUT2D eigenvalue weighted by molar-refractivity contribution is 0.476. The van der Waals surface area contributed by atoms with Gasteiger partial charge in [0.2, 0.25) is 0 Å². The van der Waals surface area contributed by atoms with Gasteiger partial charge in [-0.1, -0.05) is 29.3 Å². The molecule has 9 heteroatoms. The number of aryl methyl sites for hydroxylation is 1. The maximum atomic E-state index is 6.07. The van der Waals surface area contributed by atoms with Crippen molar-refractivity contribution in [2.75, 3.05) is 13.6 Å². The number of hydrogen-bond donors (Lipinski definition) is 1. The van der Waals surface area contributed by atoms with Crippen molar-refractivity contribution in [3.05, 3.63) is 46.0 Å². The summed E-state index contributed by atoms with van der Waals surface area (Å²) in [5.74, 6) is 1.60. The third kappa shape index (κ3) is 5.78. The van der Waals surface area contributed by atoms with Gasteiger partial charge in [0.15, 0.2) is 5.96 Å². The lowest BCUT2D eigenvalue weighted by atomic mass is 10.2. The fraction of sp³-hybridized carbons (Fsp3) is 0.400. The second kappa shape index (κ2) is 10.0. The van der Waals surface area contributed by atoms with Gasteiger partial charge in [0, 0.05) is 27.2 Å². The summed E-state index contributed by atoms with van der Waals surface area (Å²) in [4.78, 5) is 10.8. The number of hydrogen-bond acceptors (Lipinski definition) is 3. The SMILES string of the molecule is CCNC(=NCc1ncnn1C)N(C)Cc1ccc(Cl)c(Cl)c1.I. The van der Waals surface area contributed by atoms with Crippen molar-refractivity contribution in [3.63, 3.8) is 0 Å². The molecular weight excluding hydrogens is 462 g/mol. The molecule has 1 aromatic heterocycles. The molecule has 0 radical (unpaired) electrons. The molecule has 0 saturated heterocycles. The van der Waals surface area contributed by atoms with E-state index in [1.165, 1.54) is 6.33 Å². The van der Waals surface area contributed by atoms with Crippen LogP contribution in [0.15, 0.2) is 29.5 Å². The topological polar surface area (TPSA) is 58.3 Å². The molecule has 1 aromatic carbocycles. The van der Waals surface area contributed by atoms with E-state index < -0.39 is 0 Å². The first-order valence-corrected chi connectivity index (χ1v) is 8.03. The lowest BCUT2D eigenvalue weighted by Gasteiger charge is -2.22. The number of rotatable bonds is 5. The van der Waals surface area contributed by atoms with E-state index in [0.29, 0.717) is 23.1 Å². The Bertz CT molecular complexity index is 688. The first-order chi connectivity index (χ1) is 11.0. The Kier molecular flexibility index (Phi) is 8.79. The van der Waals surface area contributed by atoms with E-state index in [1.54, 1.807) is 10.7 Å². The van der Waals surface area contributed by atoms with E-state index in [2.05, 4.69) is 20.4 Å². The number of halogens is 3. The summed E-state index contributed by atoms with van der Waals surface area (Å²) in [6.45, 7) is 3.94. The number of nitrogens with one attached hydrogen (secondary N) is 1. The number of guanidine groups is 1. The van der Waals surface area contributed by atoms with Crippen molar-refractivity contribution < 1.29 is 0 Å². The molecule has 0 unspecified atom stereocenters. The molecular formula is C15H21Cl2IN6. The monoisotopic (exact) mass is 482 g/mol. The van der Waals surface area contributed by atoms with Gasteiger partial charge in [-0.25, -0.2) is 9.98 Å². The Morgan fingerprint density at radius 1 is 1.33 bits per heavy atom. The summed E-state index contributed by atoms with van der Waals surface area (Å²) in [5.41, 5.74) is 1.06. The third-order valence-corrected chi connectivity index (χ3v) is 4.01. The highest BCUT2D eigenvalue weighted by Crippen LogP contribution is 2.23. The minimum absolute atomic E-state index is 0. The van der Waals surface area contributed by atoms with Crippen LogP contribution in [0.1, 0.15) is 18.3 Å². The average molecular weight is 483 g/mol. The summed E-state index contributed by atoms with van der Waals surface area (Å²) in [5, 5.41) is 8.43. The molecule has 0 amide bonds. The van der Waals surface area contributed by atoms with Gasteiger partial charge in [0.25, 0.3) is 0 Å². The Balaban J connectivity index is 0.00000288. The average Bonchev–Trinajstić information content (AvgIpc) is 2.92. The molecule has 0 fully saturated rings. The Morgan fingerprint density at radius 2 is 2.08 bits per heavy atom. The van der Waals surface area contributed by atoms with E-state index in [9.17, 15) is 0 Å². The van der Waals surface area contributed by atoms with Gasteiger partial charge in [-0.15, -0.1) is 24.0 Å².